The lowest BCUT2D eigenvalue weighted by Gasteiger charge is -2.18. The van der Waals surface area contributed by atoms with Gasteiger partial charge in [0.1, 0.15) is 5.76 Å². The van der Waals surface area contributed by atoms with Crippen LogP contribution in [-0.2, 0) is 0 Å². The van der Waals surface area contributed by atoms with Crippen molar-refractivity contribution < 1.29 is 9.21 Å². The molecule has 4 heterocycles. The van der Waals surface area contributed by atoms with Crippen LogP contribution < -0.4 is 0 Å². The summed E-state index contributed by atoms with van der Waals surface area (Å²) in [4.78, 5) is 23.3. The van der Waals surface area contributed by atoms with E-state index in [9.17, 15) is 4.79 Å². The fourth-order valence-corrected chi connectivity index (χ4v) is 4.25. The van der Waals surface area contributed by atoms with Gasteiger partial charge in [0.05, 0.1) is 11.5 Å². The Morgan fingerprint density at radius 3 is 3.00 bits per heavy atom. The number of carbonyl (C=O) groups excluding carboxylic acids is 1. The van der Waals surface area contributed by atoms with E-state index in [0.29, 0.717) is 18.9 Å². The zero-order chi connectivity index (χ0) is 17.4. The Kier molecular flexibility index (Phi) is 4.20. The molecule has 0 saturated carbocycles. The van der Waals surface area contributed by atoms with E-state index >= 15 is 0 Å². The molecule has 1 atom stereocenters. The van der Waals surface area contributed by atoms with E-state index in [2.05, 4.69) is 15.1 Å². The average Bonchev–Trinajstić information content (AvgIpc) is 3.19. The number of hydrogen-bond acceptors (Lipinski definition) is 6. The number of furan rings is 1. The Labute approximate surface area is 149 Å². The highest BCUT2D eigenvalue weighted by molar-refractivity contribution is 7.99. The van der Waals surface area contributed by atoms with Gasteiger partial charge in [-0.3, -0.25) is 4.79 Å². The van der Waals surface area contributed by atoms with Crippen LogP contribution in [0.5, 0.6) is 0 Å². The maximum absolute atomic E-state index is 12.8. The smallest absolute Gasteiger partial charge is 0.293 e. The summed E-state index contributed by atoms with van der Waals surface area (Å²) in [6.07, 6.45) is 2.55. The number of fused-ring (bicyclic) bond motifs is 1. The molecule has 0 spiro atoms. The van der Waals surface area contributed by atoms with Crippen molar-refractivity contribution in [2.75, 3.05) is 18.8 Å². The Morgan fingerprint density at radius 2 is 2.20 bits per heavy atom. The monoisotopic (exact) mass is 357 g/mol. The maximum atomic E-state index is 12.8. The molecule has 0 aromatic carbocycles. The molecule has 1 unspecified atom stereocenters. The van der Waals surface area contributed by atoms with E-state index in [1.165, 1.54) is 0 Å². The van der Waals surface area contributed by atoms with Gasteiger partial charge in [-0.25, -0.2) is 9.50 Å². The molecule has 1 aliphatic heterocycles. The van der Waals surface area contributed by atoms with Crippen LogP contribution in [-0.4, -0.2) is 49.2 Å². The standard InChI is InChI=1S/C17H19N5O2S/c1-11-10-12(2)22-17(18-11)19-15(20-22)16(23)21-6-5-14(25-9-7-21)13-4-3-8-24-13/h3-4,8,10,14H,5-7,9H2,1-2H3. The minimum absolute atomic E-state index is 0.136. The van der Waals surface area contributed by atoms with E-state index in [0.717, 1.165) is 29.3 Å². The van der Waals surface area contributed by atoms with Crippen molar-refractivity contribution in [3.05, 3.63) is 47.4 Å². The Morgan fingerprint density at radius 1 is 1.32 bits per heavy atom. The number of hydrogen-bond donors (Lipinski definition) is 0. The van der Waals surface area contributed by atoms with Gasteiger partial charge in [-0.15, -0.1) is 16.9 Å². The minimum Gasteiger partial charge on any atom is -0.468 e. The summed E-state index contributed by atoms with van der Waals surface area (Å²) in [5, 5.41) is 4.64. The topological polar surface area (TPSA) is 76.5 Å². The lowest BCUT2D eigenvalue weighted by molar-refractivity contribution is 0.0754. The quantitative estimate of drug-likeness (QED) is 0.702. The van der Waals surface area contributed by atoms with Gasteiger partial charge in [-0.2, -0.15) is 4.98 Å². The second-order valence-corrected chi connectivity index (χ2v) is 7.45. The third kappa shape index (κ3) is 3.13. The van der Waals surface area contributed by atoms with Crippen molar-refractivity contribution >= 4 is 23.4 Å². The molecule has 0 N–H and O–H groups in total. The first kappa shape index (κ1) is 16.1. The van der Waals surface area contributed by atoms with Gasteiger partial charge >= 0.3 is 0 Å². The lowest BCUT2D eigenvalue weighted by Crippen LogP contribution is -2.33. The van der Waals surface area contributed by atoms with Crippen molar-refractivity contribution in [3.63, 3.8) is 0 Å². The van der Waals surface area contributed by atoms with Crippen LogP contribution >= 0.6 is 11.8 Å². The molecule has 7 nitrogen and oxygen atoms in total. The van der Waals surface area contributed by atoms with Crippen molar-refractivity contribution in [2.45, 2.75) is 25.5 Å². The van der Waals surface area contributed by atoms with Gasteiger partial charge in [0.15, 0.2) is 0 Å². The number of thioether (sulfide) groups is 1. The van der Waals surface area contributed by atoms with Gasteiger partial charge in [0.2, 0.25) is 5.82 Å². The molecular formula is C17H19N5O2S. The van der Waals surface area contributed by atoms with E-state index < -0.39 is 0 Å². The fraction of sp³-hybridized carbons (Fsp3) is 0.412. The maximum Gasteiger partial charge on any atom is 0.293 e. The first-order chi connectivity index (χ1) is 12.1. The molecule has 1 aliphatic rings. The molecule has 3 aromatic heterocycles. The summed E-state index contributed by atoms with van der Waals surface area (Å²) in [5.41, 5.74) is 1.78. The van der Waals surface area contributed by atoms with Crippen molar-refractivity contribution in [3.8, 4) is 0 Å². The molecule has 3 aromatic rings. The Balaban J connectivity index is 1.54. The predicted molar refractivity (Wildman–Crippen MR) is 94.7 cm³/mol. The van der Waals surface area contributed by atoms with Gasteiger partial charge in [0.25, 0.3) is 11.7 Å². The van der Waals surface area contributed by atoms with E-state index in [1.54, 1.807) is 10.8 Å². The largest absolute Gasteiger partial charge is 0.468 e. The Hall–Kier alpha value is -2.35. The molecule has 0 bridgehead atoms. The second kappa shape index (κ2) is 6.51. The highest BCUT2D eigenvalue weighted by Crippen LogP contribution is 2.34. The first-order valence-electron chi connectivity index (χ1n) is 8.27. The van der Waals surface area contributed by atoms with Crippen LogP contribution in [0.3, 0.4) is 0 Å². The zero-order valence-electron chi connectivity index (χ0n) is 14.2. The van der Waals surface area contributed by atoms with Crippen molar-refractivity contribution in [1.29, 1.82) is 0 Å². The summed E-state index contributed by atoms with van der Waals surface area (Å²) in [6.45, 7) is 5.19. The van der Waals surface area contributed by atoms with Crippen molar-refractivity contribution in [2.24, 2.45) is 0 Å². The molecule has 0 radical (unpaired) electrons. The minimum atomic E-state index is -0.136. The summed E-state index contributed by atoms with van der Waals surface area (Å²) in [5.74, 6) is 2.38. The van der Waals surface area contributed by atoms with E-state index in [-0.39, 0.29) is 17.0 Å². The third-order valence-electron chi connectivity index (χ3n) is 4.30. The predicted octanol–water partition coefficient (Wildman–Crippen LogP) is 2.65. The number of rotatable bonds is 2. The lowest BCUT2D eigenvalue weighted by atomic mass is 10.2. The van der Waals surface area contributed by atoms with Crippen LogP contribution in [0.4, 0.5) is 0 Å². The number of carbonyl (C=O) groups is 1. The molecule has 4 rings (SSSR count). The molecule has 8 heteroatoms. The summed E-state index contributed by atoms with van der Waals surface area (Å²) < 4.78 is 7.14. The highest BCUT2D eigenvalue weighted by Gasteiger charge is 2.26. The molecule has 130 valence electrons. The van der Waals surface area contributed by atoms with Crippen LogP contribution in [0.2, 0.25) is 0 Å². The van der Waals surface area contributed by atoms with E-state index in [4.69, 9.17) is 4.42 Å². The molecule has 25 heavy (non-hydrogen) atoms. The highest BCUT2D eigenvalue weighted by atomic mass is 32.2. The summed E-state index contributed by atoms with van der Waals surface area (Å²) >= 11 is 1.82. The molecule has 0 aliphatic carbocycles. The van der Waals surface area contributed by atoms with Gasteiger partial charge in [0, 0.05) is 30.2 Å². The second-order valence-electron chi connectivity index (χ2n) is 6.14. The Bertz CT molecular complexity index is 905. The fourth-order valence-electron chi connectivity index (χ4n) is 3.07. The SMILES string of the molecule is Cc1cc(C)n2nc(C(=O)N3CCSC(c4ccco4)CC3)nc2n1. The molecule has 1 amide bonds. The van der Waals surface area contributed by atoms with Crippen molar-refractivity contribution in [1.82, 2.24) is 24.5 Å². The van der Waals surface area contributed by atoms with Gasteiger partial charge in [-0.1, -0.05) is 0 Å². The molecule has 1 saturated heterocycles. The number of aromatic nitrogens is 4. The van der Waals surface area contributed by atoms with Gasteiger partial charge < -0.3 is 9.32 Å². The zero-order valence-corrected chi connectivity index (χ0v) is 15.0. The van der Waals surface area contributed by atoms with Crippen LogP contribution in [0.1, 0.15) is 39.4 Å². The van der Waals surface area contributed by atoms with E-state index in [1.807, 2.05) is 48.7 Å². The molecular weight excluding hydrogens is 338 g/mol. The number of amides is 1. The van der Waals surface area contributed by atoms with Gasteiger partial charge in [-0.05, 0) is 38.5 Å². The number of aryl methyl sites for hydroxylation is 2. The normalized spacial score (nSPS) is 18.5. The number of nitrogens with zero attached hydrogens (tertiary/aromatic N) is 5. The summed E-state index contributed by atoms with van der Waals surface area (Å²) in [6, 6.07) is 5.82. The summed E-state index contributed by atoms with van der Waals surface area (Å²) in [7, 11) is 0. The van der Waals surface area contributed by atoms with Crippen LogP contribution in [0.25, 0.3) is 5.78 Å². The average molecular weight is 357 g/mol. The van der Waals surface area contributed by atoms with Crippen LogP contribution in [0, 0.1) is 13.8 Å². The molecule has 1 fully saturated rings. The third-order valence-corrected chi connectivity index (χ3v) is 5.59. The van der Waals surface area contributed by atoms with Crippen LogP contribution in [0.15, 0.2) is 28.9 Å². The first-order valence-corrected chi connectivity index (χ1v) is 9.32.